The first-order valence-corrected chi connectivity index (χ1v) is 7.80. The third-order valence-electron chi connectivity index (χ3n) is 3.83. The molecule has 5 nitrogen and oxygen atoms in total. The average Bonchev–Trinajstić information content (AvgIpc) is 3.07. The van der Waals surface area contributed by atoms with Crippen molar-refractivity contribution < 1.29 is 17.9 Å². The van der Waals surface area contributed by atoms with E-state index in [1.807, 2.05) is 4.90 Å². The molecule has 1 aromatic rings. The molecule has 0 amide bonds. The molecule has 0 N–H and O–H groups in total. The van der Waals surface area contributed by atoms with Crippen molar-refractivity contribution in [1.82, 2.24) is 15.1 Å². The van der Waals surface area contributed by atoms with E-state index >= 15 is 0 Å². The zero-order valence-corrected chi connectivity index (χ0v) is 12.3. The predicted octanol–water partition coefficient (Wildman–Crippen LogP) is 1.72. The molecule has 2 aliphatic heterocycles. The lowest BCUT2D eigenvalue weighted by atomic mass is 10.1. The molecule has 0 bridgehead atoms. The Morgan fingerprint density at radius 3 is 2.62 bits per heavy atom. The first-order valence-electron chi connectivity index (χ1n) is 6.98. The molecule has 0 radical (unpaired) electrons. The highest BCUT2D eigenvalue weighted by Crippen LogP contribution is 2.35. The van der Waals surface area contributed by atoms with E-state index in [0.29, 0.717) is 22.4 Å². The molecule has 21 heavy (non-hydrogen) atoms. The van der Waals surface area contributed by atoms with Crippen LogP contribution in [0.3, 0.4) is 0 Å². The minimum Gasteiger partial charge on any atom is -0.379 e. The van der Waals surface area contributed by atoms with Crippen LogP contribution in [0.15, 0.2) is 0 Å². The summed E-state index contributed by atoms with van der Waals surface area (Å²) >= 11 is 0.630. The number of aromatic nitrogens is 2. The van der Waals surface area contributed by atoms with E-state index in [0.717, 1.165) is 52.4 Å². The second-order valence-electron chi connectivity index (χ2n) is 5.40. The molecule has 3 heterocycles. The Kier molecular flexibility index (Phi) is 4.32. The summed E-state index contributed by atoms with van der Waals surface area (Å²) in [5, 5.41) is 6.45. The number of nitrogens with zero attached hydrogens (tertiary/aromatic N) is 4. The molecule has 0 spiro atoms. The van der Waals surface area contributed by atoms with Gasteiger partial charge < -0.3 is 9.64 Å². The number of rotatable bonds is 3. The van der Waals surface area contributed by atoms with Crippen molar-refractivity contribution >= 4 is 16.5 Å². The minimum absolute atomic E-state index is 0.381. The van der Waals surface area contributed by atoms with Crippen LogP contribution in [-0.4, -0.2) is 61.0 Å². The SMILES string of the molecule is FC(F)(F)c1nnc(N2CCC(CN3CCOCC3)C2)s1. The molecule has 0 aromatic carbocycles. The van der Waals surface area contributed by atoms with Gasteiger partial charge in [-0.2, -0.15) is 13.2 Å². The maximum atomic E-state index is 12.5. The molecule has 0 saturated carbocycles. The Balaban J connectivity index is 1.55. The summed E-state index contributed by atoms with van der Waals surface area (Å²) in [5.41, 5.74) is 0. The number of ether oxygens (including phenoxy) is 1. The Hall–Kier alpha value is -0.930. The van der Waals surface area contributed by atoms with E-state index in [9.17, 15) is 13.2 Å². The van der Waals surface area contributed by atoms with E-state index in [4.69, 9.17) is 4.74 Å². The van der Waals surface area contributed by atoms with Crippen molar-refractivity contribution in [1.29, 1.82) is 0 Å². The molecule has 9 heteroatoms. The van der Waals surface area contributed by atoms with Gasteiger partial charge in [0, 0.05) is 32.7 Å². The van der Waals surface area contributed by atoms with E-state index in [1.54, 1.807) is 0 Å². The molecule has 3 rings (SSSR count). The highest BCUT2D eigenvalue weighted by molar-refractivity contribution is 7.15. The van der Waals surface area contributed by atoms with Crippen molar-refractivity contribution in [3.63, 3.8) is 0 Å². The summed E-state index contributed by atoms with van der Waals surface area (Å²) in [6.45, 7) is 5.89. The van der Waals surface area contributed by atoms with Crippen molar-refractivity contribution in [2.45, 2.75) is 12.6 Å². The largest absolute Gasteiger partial charge is 0.445 e. The zero-order valence-electron chi connectivity index (χ0n) is 11.5. The molecule has 1 atom stereocenters. The lowest BCUT2D eigenvalue weighted by Gasteiger charge is -2.28. The van der Waals surface area contributed by atoms with Gasteiger partial charge in [0.05, 0.1) is 13.2 Å². The molecule has 118 valence electrons. The van der Waals surface area contributed by atoms with Crippen molar-refractivity contribution in [3.8, 4) is 0 Å². The Bertz CT molecular complexity index is 475. The fourth-order valence-electron chi connectivity index (χ4n) is 2.76. The molecular weight excluding hydrogens is 305 g/mol. The molecule has 2 aliphatic rings. The summed E-state index contributed by atoms with van der Waals surface area (Å²) in [4.78, 5) is 4.27. The van der Waals surface area contributed by atoms with Gasteiger partial charge in [-0.25, -0.2) is 0 Å². The molecule has 2 fully saturated rings. The summed E-state index contributed by atoms with van der Waals surface area (Å²) in [6.07, 6.45) is -3.42. The molecule has 1 unspecified atom stereocenters. The Morgan fingerprint density at radius 2 is 1.95 bits per heavy atom. The first-order chi connectivity index (χ1) is 10.0. The normalized spacial score (nSPS) is 24.7. The maximum Gasteiger partial charge on any atom is 0.445 e. The van der Waals surface area contributed by atoms with Gasteiger partial charge >= 0.3 is 6.18 Å². The highest BCUT2D eigenvalue weighted by atomic mass is 32.1. The number of hydrogen-bond donors (Lipinski definition) is 0. The average molecular weight is 322 g/mol. The quantitative estimate of drug-likeness (QED) is 0.847. The summed E-state index contributed by atoms with van der Waals surface area (Å²) < 4.78 is 42.9. The predicted molar refractivity (Wildman–Crippen MR) is 72.5 cm³/mol. The maximum absolute atomic E-state index is 12.5. The zero-order chi connectivity index (χ0) is 14.9. The lowest BCUT2D eigenvalue weighted by molar-refractivity contribution is -0.138. The van der Waals surface area contributed by atoms with E-state index in [2.05, 4.69) is 15.1 Å². The fraction of sp³-hybridized carbons (Fsp3) is 0.833. The van der Waals surface area contributed by atoms with Crippen molar-refractivity contribution in [2.24, 2.45) is 5.92 Å². The number of halogens is 3. The van der Waals surface area contributed by atoms with Gasteiger partial charge in [-0.1, -0.05) is 11.3 Å². The number of hydrogen-bond acceptors (Lipinski definition) is 6. The summed E-state index contributed by atoms with van der Waals surface area (Å²) in [5.74, 6) is 0.473. The number of morpholine rings is 1. The Morgan fingerprint density at radius 1 is 1.19 bits per heavy atom. The number of alkyl halides is 3. The van der Waals surface area contributed by atoms with E-state index < -0.39 is 11.2 Å². The van der Waals surface area contributed by atoms with Crippen LogP contribution < -0.4 is 4.90 Å². The first kappa shape index (κ1) is 15.0. The van der Waals surface area contributed by atoms with Crippen molar-refractivity contribution in [3.05, 3.63) is 5.01 Å². The van der Waals surface area contributed by atoms with Crippen LogP contribution in [0.2, 0.25) is 0 Å². The molecular formula is C12H17F3N4OS. The van der Waals surface area contributed by atoms with Crippen molar-refractivity contribution in [2.75, 3.05) is 50.8 Å². The van der Waals surface area contributed by atoms with Crippen LogP contribution in [0.5, 0.6) is 0 Å². The van der Waals surface area contributed by atoms with Crippen LogP contribution >= 0.6 is 11.3 Å². The standard InChI is InChI=1S/C12H17F3N4OS/c13-12(14,15)10-16-17-11(21-10)19-2-1-9(8-19)7-18-3-5-20-6-4-18/h9H,1-8H2. The summed E-state index contributed by atoms with van der Waals surface area (Å²) in [6, 6.07) is 0. The van der Waals surface area contributed by atoms with Gasteiger partial charge in [0.25, 0.3) is 0 Å². The molecule has 2 saturated heterocycles. The monoisotopic (exact) mass is 322 g/mol. The highest BCUT2D eigenvalue weighted by Gasteiger charge is 2.37. The van der Waals surface area contributed by atoms with Gasteiger partial charge in [-0.15, -0.1) is 10.2 Å². The Labute approximate surface area is 124 Å². The van der Waals surface area contributed by atoms with Crippen LogP contribution in [0, 0.1) is 5.92 Å². The topological polar surface area (TPSA) is 41.5 Å². The third-order valence-corrected chi connectivity index (χ3v) is 4.86. The minimum atomic E-state index is -4.40. The summed E-state index contributed by atoms with van der Waals surface area (Å²) in [7, 11) is 0. The van der Waals surface area contributed by atoms with Crippen LogP contribution in [-0.2, 0) is 10.9 Å². The van der Waals surface area contributed by atoms with Crippen LogP contribution in [0.1, 0.15) is 11.4 Å². The smallest absolute Gasteiger partial charge is 0.379 e. The van der Waals surface area contributed by atoms with Crippen LogP contribution in [0.4, 0.5) is 18.3 Å². The third kappa shape index (κ3) is 3.64. The second-order valence-corrected chi connectivity index (χ2v) is 6.36. The fourth-order valence-corrected chi connectivity index (χ4v) is 3.51. The van der Waals surface area contributed by atoms with Gasteiger partial charge in [0.2, 0.25) is 10.1 Å². The lowest BCUT2D eigenvalue weighted by Crippen LogP contribution is -2.39. The van der Waals surface area contributed by atoms with E-state index in [-0.39, 0.29) is 0 Å². The van der Waals surface area contributed by atoms with Gasteiger partial charge in [-0.05, 0) is 12.3 Å². The van der Waals surface area contributed by atoms with Gasteiger partial charge in [0.1, 0.15) is 0 Å². The van der Waals surface area contributed by atoms with Crippen LogP contribution in [0.25, 0.3) is 0 Å². The molecule has 1 aromatic heterocycles. The van der Waals surface area contributed by atoms with Gasteiger partial charge in [0.15, 0.2) is 0 Å². The second kappa shape index (κ2) is 6.05. The van der Waals surface area contributed by atoms with Gasteiger partial charge in [-0.3, -0.25) is 4.90 Å². The molecule has 0 aliphatic carbocycles. The number of anilines is 1. The van der Waals surface area contributed by atoms with E-state index in [1.165, 1.54) is 0 Å².